The number of anilines is 1. The third-order valence-corrected chi connectivity index (χ3v) is 2.22. The van der Waals surface area contributed by atoms with Crippen molar-refractivity contribution in [3.05, 3.63) is 42.2 Å². The van der Waals surface area contributed by atoms with Crippen molar-refractivity contribution in [2.75, 3.05) is 5.32 Å². The van der Waals surface area contributed by atoms with Crippen molar-refractivity contribution in [3.63, 3.8) is 0 Å². The largest absolute Gasteiger partial charge is 0.366 e. The van der Waals surface area contributed by atoms with Crippen LogP contribution in [-0.2, 0) is 4.79 Å². The van der Waals surface area contributed by atoms with Crippen LogP contribution in [0.1, 0.15) is 10.4 Å². The molecule has 2 amide bonds. The number of benzene rings is 1. The molecule has 2 aromatic rings. The molecule has 6 heteroatoms. The third kappa shape index (κ3) is 2.15. The minimum atomic E-state index is -0.527. The van der Waals surface area contributed by atoms with Crippen molar-refractivity contribution < 1.29 is 9.59 Å². The summed E-state index contributed by atoms with van der Waals surface area (Å²) in [5, 5.41) is 6.50. The lowest BCUT2D eigenvalue weighted by atomic mass is 10.1. The Bertz CT molecular complexity index is 562. The predicted octanol–water partition coefficient (Wildman–Crippen LogP) is 0.539. The summed E-state index contributed by atoms with van der Waals surface area (Å²) >= 11 is 0. The first-order valence-corrected chi connectivity index (χ1v) is 4.86. The summed E-state index contributed by atoms with van der Waals surface area (Å²) < 4.78 is 1.48. The lowest BCUT2D eigenvalue weighted by molar-refractivity contribution is -0.105. The predicted molar refractivity (Wildman–Crippen MR) is 61.8 cm³/mol. The van der Waals surface area contributed by atoms with E-state index in [0.29, 0.717) is 23.3 Å². The number of rotatable bonds is 4. The zero-order valence-corrected chi connectivity index (χ0v) is 8.83. The Morgan fingerprint density at radius 3 is 2.88 bits per heavy atom. The van der Waals surface area contributed by atoms with E-state index in [2.05, 4.69) is 10.4 Å². The topological polar surface area (TPSA) is 90.0 Å². The fourth-order valence-corrected chi connectivity index (χ4v) is 1.48. The molecule has 0 aliphatic heterocycles. The van der Waals surface area contributed by atoms with Gasteiger partial charge in [-0.05, 0) is 12.1 Å². The highest BCUT2D eigenvalue weighted by Crippen LogP contribution is 2.15. The number of nitrogens with zero attached hydrogens (tertiary/aromatic N) is 2. The standard InChI is InChI=1S/C11H10N4O2/c12-11(17)9-3-1-2-4-10(9)15-6-8(5-14-15)13-7-16/h1-7H,(H2,12,17)(H,13,16). The number of amides is 2. The summed E-state index contributed by atoms with van der Waals surface area (Å²) in [7, 11) is 0. The van der Waals surface area contributed by atoms with Gasteiger partial charge in [-0.2, -0.15) is 5.10 Å². The molecule has 86 valence electrons. The second kappa shape index (κ2) is 4.48. The first kappa shape index (κ1) is 10.9. The van der Waals surface area contributed by atoms with Crippen molar-refractivity contribution in [1.29, 1.82) is 0 Å². The van der Waals surface area contributed by atoms with Crippen LogP contribution in [-0.4, -0.2) is 22.1 Å². The second-order valence-corrected chi connectivity index (χ2v) is 3.32. The average Bonchev–Trinajstić information content (AvgIpc) is 2.78. The van der Waals surface area contributed by atoms with Crippen molar-refractivity contribution in [2.24, 2.45) is 5.73 Å². The fraction of sp³-hybridized carbons (Fsp3) is 0. The molecular formula is C11H10N4O2. The highest BCUT2D eigenvalue weighted by atomic mass is 16.1. The number of hydrogen-bond donors (Lipinski definition) is 2. The molecule has 2 rings (SSSR count). The quantitative estimate of drug-likeness (QED) is 0.751. The van der Waals surface area contributed by atoms with Gasteiger partial charge >= 0.3 is 0 Å². The molecule has 0 radical (unpaired) electrons. The third-order valence-electron chi connectivity index (χ3n) is 2.22. The van der Waals surface area contributed by atoms with Gasteiger partial charge in [-0.25, -0.2) is 4.68 Å². The van der Waals surface area contributed by atoms with Crippen LogP contribution in [0.5, 0.6) is 0 Å². The van der Waals surface area contributed by atoms with Crippen LogP contribution in [0.2, 0.25) is 0 Å². The monoisotopic (exact) mass is 230 g/mol. The first-order chi connectivity index (χ1) is 8.22. The molecule has 0 saturated heterocycles. The molecule has 0 spiro atoms. The van der Waals surface area contributed by atoms with Gasteiger partial charge in [-0.15, -0.1) is 0 Å². The van der Waals surface area contributed by atoms with Gasteiger partial charge in [0.1, 0.15) is 0 Å². The molecule has 0 unspecified atom stereocenters. The summed E-state index contributed by atoms with van der Waals surface area (Å²) in [6.45, 7) is 0. The molecule has 0 saturated carbocycles. The highest BCUT2D eigenvalue weighted by Gasteiger charge is 2.09. The van der Waals surface area contributed by atoms with E-state index in [4.69, 9.17) is 5.73 Å². The minimum Gasteiger partial charge on any atom is -0.366 e. The number of hydrogen-bond acceptors (Lipinski definition) is 3. The molecule has 3 N–H and O–H groups in total. The molecule has 0 aliphatic rings. The van der Waals surface area contributed by atoms with Crippen molar-refractivity contribution in [3.8, 4) is 5.69 Å². The molecule has 6 nitrogen and oxygen atoms in total. The summed E-state index contributed by atoms with van der Waals surface area (Å²) in [5.41, 5.74) is 6.74. The SMILES string of the molecule is NC(=O)c1ccccc1-n1cc(NC=O)cn1. The van der Waals surface area contributed by atoms with Crippen molar-refractivity contribution in [1.82, 2.24) is 9.78 Å². The summed E-state index contributed by atoms with van der Waals surface area (Å²) in [6.07, 6.45) is 3.63. The van der Waals surface area contributed by atoms with E-state index in [9.17, 15) is 9.59 Å². The van der Waals surface area contributed by atoms with Crippen LogP contribution in [0.3, 0.4) is 0 Å². The maximum absolute atomic E-state index is 11.2. The van der Waals surface area contributed by atoms with Gasteiger partial charge in [0.15, 0.2) is 0 Å². The highest BCUT2D eigenvalue weighted by molar-refractivity contribution is 5.96. The fourth-order valence-electron chi connectivity index (χ4n) is 1.48. The molecule has 0 fully saturated rings. The molecule has 17 heavy (non-hydrogen) atoms. The number of nitrogens with one attached hydrogen (secondary N) is 1. The molecular weight excluding hydrogens is 220 g/mol. The van der Waals surface area contributed by atoms with Crippen LogP contribution >= 0.6 is 0 Å². The first-order valence-electron chi connectivity index (χ1n) is 4.86. The summed E-state index contributed by atoms with van der Waals surface area (Å²) in [4.78, 5) is 21.5. The van der Waals surface area contributed by atoms with Crippen molar-refractivity contribution >= 4 is 18.0 Å². The minimum absolute atomic E-state index is 0.369. The summed E-state index contributed by atoms with van der Waals surface area (Å²) in [6, 6.07) is 6.83. The number of carbonyl (C=O) groups excluding carboxylic acids is 2. The van der Waals surface area contributed by atoms with Crippen LogP contribution in [0.15, 0.2) is 36.7 Å². The summed E-state index contributed by atoms with van der Waals surface area (Å²) in [5.74, 6) is -0.527. The smallest absolute Gasteiger partial charge is 0.250 e. The molecule has 0 bridgehead atoms. The van der Waals surface area contributed by atoms with Crippen LogP contribution in [0.4, 0.5) is 5.69 Å². The lowest BCUT2D eigenvalue weighted by Gasteiger charge is -2.05. The van der Waals surface area contributed by atoms with Gasteiger partial charge in [0.05, 0.1) is 29.3 Å². The number of primary amides is 1. The maximum atomic E-state index is 11.2. The van der Waals surface area contributed by atoms with Gasteiger partial charge in [-0.1, -0.05) is 12.1 Å². The van der Waals surface area contributed by atoms with E-state index in [1.54, 1.807) is 30.5 Å². The Morgan fingerprint density at radius 2 is 2.18 bits per heavy atom. The van der Waals surface area contributed by atoms with Gasteiger partial charge in [0.2, 0.25) is 6.41 Å². The number of nitrogens with two attached hydrogens (primary N) is 1. The number of para-hydroxylation sites is 1. The van der Waals surface area contributed by atoms with E-state index in [0.717, 1.165) is 0 Å². The van der Waals surface area contributed by atoms with E-state index >= 15 is 0 Å². The normalized spacial score (nSPS) is 9.88. The number of carbonyl (C=O) groups is 2. The Hall–Kier alpha value is -2.63. The van der Waals surface area contributed by atoms with Crippen LogP contribution in [0, 0.1) is 0 Å². The van der Waals surface area contributed by atoms with E-state index in [1.807, 2.05) is 0 Å². The molecule has 0 atom stereocenters. The van der Waals surface area contributed by atoms with Gasteiger partial charge in [-0.3, -0.25) is 9.59 Å². The average molecular weight is 230 g/mol. The van der Waals surface area contributed by atoms with E-state index < -0.39 is 5.91 Å². The van der Waals surface area contributed by atoms with E-state index in [-0.39, 0.29) is 0 Å². The molecule has 1 heterocycles. The van der Waals surface area contributed by atoms with Gasteiger partial charge < -0.3 is 11.1 Å². The lowest BCUT2D eigenvalue weighted by Crippen LogP contribution is -2.14. The molecule has 1 aromatic heterocycles. The number of aromatic nitrogens is 2. The van der Waals surface area contributed by atoms with Crippen LogP contribution in [0.25, 0.3) is 5.69 Å². The van der Waals surface area contributed by atoms with Gasteiger partial charge in [0.25, 0.3) is 5.91 Å². The van der Waals surface area contributed by atoms with E-state index in [1.165, 1.54) is 10.9 Å². The zero-order valence-electron chi connectivity index (χ0n) is 8.83. The Labute approximate surface area is 97.0 Å². The Morgan fingerprint density at radius 1 is 1.41 bits per heavy atom. The molecule has 1 aromatic carbocycles. The second-order valence-electron chi connectivity index (χ2n) is 3.32. The van der Waals surface area contributed by atoms with Crippen LogP contribution < -0.4 is 11.1 Å². The maximum Gasteiger partial charge on any atom is 0.250 e. The Kier molecular flexibility index (Phi) is 2.87. The van der Waals surface area contributed by atoms with Gasteiger partial charge in [0, 0.05) is 0 Å². The zero-order chi connectivity index (χ0) is 12.3. The van der Waals surface area contributed by atoms with Crippen molar-refractivity contribution in [2.45, 2.75) is 0 Å². The molecule has 0 aliphatic carbocycles. The Balaban J connectivity index is 2.44.